The molecule has 0 saturated heterocycles. The molecule has 0 heterocycles. The van der Waals surface area contributed by atoms with Crippen LogP contribution in [-0.4, -0.2) is 0 Å². The minimum Gasteiger partial charge on any atom is -0.296 e. The number of rotatable bonds is 3. The van der Waals surface area contributed by atoms with Crippen molar-refractivity contribution in [1.29, 1.82) is 0 Å². The number of hydrogen-bond donors (Lipinski definition) is 1. The minimum atomic E-state index is 0.00574. The lowest BCUT2D eigenvalue weighted by molar-refractivity contribution is 0.0202. The average molecular weight is 165 g/mol. The first-order valence-corrected chi connectivity index (χ1v) is 4.16. The molecular weight excluding hydrogens is 150 g/mol. The molecule has 0 aromatic heterocycles. The number of benzene rings is 1. The van der Waals surface area contributed by atoms with Crippen LogP contribution in [0.25, 0.3) is 0 Å². The van der Waals surface area contributed by atoms with Gasteiger partial charge >= 0.3 is 0 Å². The number of nitrogens with two attached hydrogens (primary N) is 1. The molecule has 1 rings (SSSR count). The largest absolute Gasteiger partial charge is 0.296 e. The van der Waals surface area contributed by atoms with E-state index >= 15 is 0 Å². The van der Waals surface area contributed by atoms with Gasteiger partial charge < -0.3 is 0 Å². The lowest BCUT2D eigenvalue weighted by atomic mass is 9.99. The summed E-state index contributed by atoms with van der Waals surface area (Å²) in [5.41, 5.74) is 1.13. The van der Waals surface area contributed by atoms with Gasteiger partial charge in [-0.3, -0.25) is 4.84 Å². The Hall–Kier alpha value is -0.860. The van der Waals surface area contributed by atoms with Gasteiger partial charge in [-0.15, -0.1) is 0 Å². The third-order valence-electron chi connectivity index (χ3n) is 1.88. The maximum Gasteiger partial charge on any atom is 0.106 e. The van der Waals surface area contributed by atoms with Crippen LogP contribution in [0, 0.1) is 5.92 Å². The Morgan fingerprint density at radius 2 is 1.75 bits per heavy atom. The topological polar surface area (TPSA) is 35.2 Å². The van der Waals surface area contributed by atoms with E-state index in [-0.39, 0.29) is 6.10 Å². The summed E-state index contributed by atoms with van der Waals surface area (Å²) in [6.07, 6.45) is 0.00574. The van der Waals surface area contributed by atoms with Crippen LogP contribution in [0.3, 0.4) is 0 Å². The Kier molecular flexibility index (Phi) is 3.26. The third kappa shape index (κ3) is 2.06. The van der Waals surface area contributed by atoms with Gasteiger partial charge in [-0.05, 0) is 11.5 Å². The normalized spacial score (nSPS) is 13.3. The lowest BCUT2D eigenvalue weighted by Crippen LogP contribution is -2.14. The first-order valence-electron chi connectivity index (χ1n) is 4.16. The van der Waals surface area contributed by atoms with E-state index in [9.17, 15) is 0 Å². The standard InChI is InChI=1S/C10H15NO/c1-8(2)10(12-11)9-6-4-3-5-7-9/h3-8,10H,11H2,1-2H3. The van der Waals surface area contributed by atoms with Crippen LogP contribution in [0.1, 0.15) is 25.5 Å². The van der Waals surface area contributed by atoms with Gasteiger partial charge in [0.25, 0.3) is 0 Å². The van der Waals surface area contributed by atoms with Crippen molar-refractivity contribution in [2.24, 2.45) is 11.8 Å². The zero-order valence-corrected chi connectivity index (χ0v) is 7.53. The van der Waals surface area contributed by atoms with Gasteiger partial charge in [-0.2, -0.15) is 0 Å². The predicted molar refractivity (Wildman–Crippen MR) is 49.3 cm³/mol. The van der Waals surface area contributed by atoms with Crippen LogP contribution in [0.5, 0.6) is 0 Å². The lowest BCUT2D eigenvalue weighted by Gasteiger charge is -2.18. The summed E-state index contributed by atoms with van der Waals surface area (Å²) in [6, 6.07) is 10.0. The second kappa shape index (κ2) is 4.24. The van der Waals surface area contributed by atoms with Gasteiger partial charge in [-0.25, -0.2) is 5.90 Å². The summed E-state index contributed by atoms with van der Waals surface area (Å²) < 4.78 is 0. The van der Waals surface area contributed by atoms with E-state index in [2.05, 4.69) is 13.8 Å². The summed E-state index contributed by atoms with van der Waals surface area (Å²) in [4.78, 5) is 4.90. The highest BCUT2D eigenvalue weighted by Gasteiger charge is 2.14. The van der Waals surface area contributed by atoms with Crippen LogP contribution in [0.2, 0.25) is 0 Å². The molecule has 0 fully saturated rings. The zero-order valence-electron chi connectivity index (χ0n) is 7.53. The van der Waals surface area contributed by atoms with E-state index in [1.165, 1.54) is 0 Å². The Bertz CT molecular complexity index is 221. The van der Waals surface area contributed by atoms with E-state index in [1.807, 2.05) is 30.3 Å². The molecule has 1 atom stereocenters. The Balaban J connectivity index is 2.80. The van der Waals surface area contributed by atoms with Crippen LogP contribution in [-0.2, 0) is 4.84 Å². The van der Waals surface area contributed by atoms with Crippen molar-refractivity contribution in [2.75, 3.05) is 0 Å². The fraction of sp³-hybridized carbons (Fsp3) is 0.400. The van der Waals surface area contributed by atoms with Gasteiger partial charge in [0.2, 0.25) is 0 Å². The Morgan fingerprint density at radius 3 is 2.17 bits per heavy atom. The molecule has 0 aliphatic rings. The molecule has 0 saturated carbocycles. The van der Waals surface area contributed by atoms with Crippen LogP contribution in [0.4, 0.5) is 0 Å². The van der Waals surface area contributed by atoms with Crippen molar-refractivity contribution in [3.05, 3.63) is 35.9 Å². The highest BCUT2D eigenvalue weighted by atomic mass is 16.6. The van der Waals surface area contributed by atoms with Gasteiger partial charge in [0.1, 0.15) is 6.10 Å². The van der Waals surface area contributed by atoms with Crippen LogP contribution < -0.4 is 5.90 Å². The second-order valence-corrected chi connectivity index (χ2v) is 3.21. The molecule has 0 bridgehead atoms. The van der Waals surface area contributed by atoms with Gasteiger partial charge in [0.05, 0.1) is 0 Å². The van der Waals surface area contributed by atoms with E-state index < -0.39 is 0 Å². The van der Waals surface area contributed by atoms with Gasteiger partial charge in [-0.1, -0.05) is 44.2 Å². The molecule has 1 unspecified atom stereocenters. The molecule has 66 valence electrons. The summed E-state index contributed by atoms with van der Waals surface area (Å²) in [5, 5.41) is 0. The molecule has 0 radical (unpaired) electrons. The molecule has 2 heteroatoms. The minimum absolute atomic E-state index is 0.00574. The molecule has 2 N–H and O–H groups in total. The fourth-order valence-electron chi connectivity index (χ4n) is 1.26. The van der Waals surface area contributed by atoms with E-state index in [1.54, 1.807) is 0 Å². The van der Waals surface area contributed by atoms with Gasteiger partial charge in [0.15, 0.2) is 0 Å². The predicted octanol–water partition coefficient (Wildman–Crippen LogP) is 2.27. The SMILES string of the molecule is CC(C)C(ON)c1ccccc1. The summed E-state index contributed by atoms with van der Waals surface area (Å²) in [7, 11) is 0. The van der Waals surface area contributed by atoms with Crippen molar-refractivity contribution in [3.8, 4) is 0 Å². The molecule has 1 aromatic carbocycles. The first-order chi connectivity index (χ1) is 5.75. The van der Waals surface area contributed by atoms with E-state index in [4.69, 9.17) is 10.7 Å². The molecule has 0 aliphatic carbocycles. The van der Waals surface area contributed by atoms with E-state index in [0.717, 1.165) is 5.56 Å². The smallest absolute Gasteiger partial charge is 0.106 e. The first kappa shape index (κ1) is 9.23. The van der Waals surface area contributed by atoms with Crippen molar-refractivity contribution < 1.29 is 4.84 Å². The Morgan fingerprint density at radius 1 is 1.17 bits per heavy atom. The average Bonchev–Trinajstić information content (AvgIpc) is 2.07. The van der Waals surface area contributed by atoms with Crippen molar-refractivity contribution >= 4 is 0 Å². The quantitative estimate of drug-likeness (QED) is 0.697. The maximum absolute atomic E-state index is 5.21. The summed E-state index contributed by atoms with van der Waals surface area (Å²) >= 11 is 0. The zero-order chi connectivity index (χ0) is 8.97. The van der Waals surface area contributed by atoms with Gasteiger partial charge in [0, 0.05) is 0 Å². The van der Waals surface area contributed by atoms with Crippen molar-refractivity contribution in [2.45, 2.75) is 20.0 Å². The Labute approximate surface area is 73.3 Å². The third-order valence-corrected chi connectivity index (χ3v) is 1.88. The van der Waals surface area contributed by atoms with Crippen molar-refractivity contribution in [1.82, 2.24) is 0 Å². The van der Waals surface area contributed by atoms with Crippen LogP contribution >= 0.6 is 0 Å². The molecule has 0 aliphatic heterocycles. The highest BCUT2D eigenvalue weighted by Crippen LogP contribution is 2.23. The highest BCUT2D eigenvalue weighted by molar-refractivity contribution is 5.17. The number of hydrogen-bond acceptors (Lipinski definition) is 2. The van der Waals surface area contributed by atoms with Crippen molar-refractivity contribution in [3.63, 3.8) is 0 Å². The second-order valence-electron chi connectivity index (χ2n) is 3.21. The monoisotopic (exact) mass is 165 g/mol. The van der Waals surface area contributed by atoms with E-state index in [0.29, 0.717) is 5.92 Å². The molecular formula is C10H15NO. The molecule has 0 amide bonds. The fourth-order valence-corrected chi connectivity index (χ4v) is 1.26. The molecule has 12 heavy (non-hydrogen) atoms. The van der Waals surface area contributed by atoms with Crippen LogP contribution in [0.15, 0.2) is 30.3 Å². The molecule has 1 aromatic rings. The molecule has 0 spiro atoms. The summed E-state index contributed by atoms with van der Waals surface area (Å²) in [6.45, 7) is 4.18. The molecule has 2 nitrogen and oxygen atoms in total. The maximum atomic E-state index is 5.21. The summed E-state index contributed by atoms with van der Waals surface area (Å²) in [5.74, 6) is 5.61.